The lowest BCUT2D eigenvalue weighted by Crippen LogP contribution is -2.58. The maximum Gasteiger partial charge on any atom is 0.490 e. The van der Waals surface area contributed by atoms with Crippen LogP contribution < -0.4 is 10.2 Å². The third kappa shape index (κ3) is 18.0. The number of rotatable bonds is 18. The Morgan fingerprint density at radius 3 is 2.22 bits per heavy atom. The Hall–Kier alpha value is -5.14. The van der Waals surface area contributed by atoms with Gasteiger partial charge in [0.15, 0.2) is 0 Å². The molecule has 4 aromatic rings. The van der Waals surface area contributed by atoms with Gasteiger partial charge in [-0.25, -0.2) is 14.6 Å². The zero-order valence-electron chi connectivity index (χ0n) is 38.4. The second-order valence-corrected chi connectivity index (χ2v) is 18.4. The molecule has 0 atom stereocenters. The number of phenolic OH excluding ortho intramolecular Hbond substituents is 1. The molecule has 1 spiro atoms. The van der Waals surface area contributed by atoms with Crippen LogP contribution in [0.1, 0.15) is 78.1 Å². The largest absolute Gasteiger partial charge is 0.506 e. The van der Waals surface area contributed by atoms with Crippen LogP contribution in [-0.2, 0) is 43.1 Å². The fourth-order valence-electron chi connectivity index (χ4n) is 7.45. The highest BCUT2D eigenvalue weighted by atomic mass is 32.1. The van der Waals surface area contributed by atoms with Gasteiger partial charge in [-0.3, -0.25) is 14.4 Å². The lowest BCUT2D eigenvalue weighted by atomic mass is 9.89. The number of carboxylic acids is 2. The number of piperidine rings is 1. The topological polar surface area (TPSA) is 215 Å². The van der Waals surface area contributed by atoms with E-state index in [1.54, 1.807) is 17.4 Å². The van der Waals surface area contributed by atoms with Crippen molar-refractivity contribution in [2.75, 3.05) is 78.7 Å². The van der Waals surface area contributed by atoms with Crippen molar-refractivity contribution in [3.05, 3.63) is 78.8 Å². The van der Waals surface area contributed by atoms with Crippen molar-refractivity contribution in [3.8, 4) is 5.75 Å². The summed E-state index contributed by atoms with van der Waals surface area (Å²) in [7, 11) is 0. The predicted molar refractivity (Wildman–Crippen MR) is 246 cm³/mol. The molecule has 2 aromatic heterocycles. The first-order chi connectivity index (χ1) is 32.5. The van der Waals surface area contributed by atoms with E-state index in [0.717, 1.165) is 78.3 Å². The summed E-state index contributed by atoms with van der Waals surface area (Å²) in [4.78, 5) is 69.1. The van der Waals surface area contributed by atoms with Crippen LogP contribution in [0.4, 0.5) is 26.3 Å². The van der Waals surface area contributed by atoms with Crippen LogP contribution in [0.3, 0.4) is 0 Å². The third-order valence-corrected chi connectivity index (χ3v) is 13.3. The van der Waals surface area contributed by atoms with E-state index in [4.69, 9.17) is 29.3 Å². The molecule has 0 radical (unpaired) electrons. The van der Waals surface area contributed by atoms with Gasteiger partial charge in [-0.05, 0) is 68.3 Å². The summed E-state index contributed by atoms with van der Waals surface area (Å²) in [5.41, 5.74) is 4.35. The molecule has 2 amide bonds. The van der Waals surface area contributed by atoms with Crippen molar-refractivity contribution in [2.24, 2.45) is 0 Å². The van der Waals surface area contributed by atoms with Gasteiger partial charge in [0, 0.05) is 57.1 Å². The first-order valence-electron chi connectivity index (χ1n) is 22.2. The van der Waals surface area contributed by atoms with Gasteiger partial charge in [-0.1, -0.05) is 55.5 Å². The first-order valence-corrected chi connectivity index (χ1v) is 23.9. The maximum absolute atomic E-state index is 13.3. The lowest BCUT2D eigenvalue weighted by molar-refractivity contribution is -0.193. The molecule has 382 valence electrons. The molecule has 24 heteroatoms. The Bertz CT molecular complexity index is 2340. The van der Waals surface area contributed by atoms with Crippen molar-refractivity contribution in [3.63, 3.8) is 0 Å². The van der Waals surface area contributed by atoms with E-state index in [1.807, 2.05) is 28.2 Å². The van der Waals surface area contributed by atoms with Crippen molar-refractivity contribution in [2.45, 2.75) is 83.2 Å². The SMILES string of the molecule is CCN(CCNCCc1ccc(O)c2[nH]c(=O)sc12)C(=O)CCOCCc1cccc(CCN2CCC3(CC2)CN(C(=O)c2csc(C(C)C)n2)CCO3)c1.O=C(O)C(F)(F)F.O=C(O)C(F)(F)F. The Labute approximate surface area is 402 Å². The van der Waals surface area contributed by atoms with Crippen molar-refractivity contribution in [1.29, 1.82) is 0 Å². The second kappa shape index (κ2) is 26.2. The molecule has 0 unspecified atom stereocenters. The number of hydrogen-bond donors (Lipinski definition) is 5. The number of nitrogens with one attached hydrogen (secondary N) is 2. The Kier molecular flexibility index (Phi) is 21.4. The number of amides is 2. The van der Waals surface area contributed by atoms with E-state index < -0.39 is 24.3 Å². The Morgan fingerprint density at radius 1 is 0.957 bits per heavy atom. The number of thiazole rings is 2. The molecule has 16 nitrogen and oxygen atoms in total. The molecule has 6 rings (SSSR count). The molecule has 4 heterocycles. The Balaban J connectivity index is 0.000000645. The number of likely N-dealkylation sites (tertiary alicyclic amines) is 1. The number of aromatic hydroxyl groups is 1. The first kappa shape index (κ1) is 56.4. The van der Waals surface area contributed by atoms with E-state index in [-0.39, 0.29) is 28.0 Å². The van der Waals surface area contributed by atoms with Crippen molar-refractivity contribution < 1.29 is 70.3 Å². The number of fused-ring (bicyclic) bond motifs is 1. The van der Waals surface area contributed by atoms with Gasteiger partial charge < -0.3 is 49.8 Å². The predicted octanol–water partition coefficient (Wildman–Crippen LogP) is 6.32. The number of halogens is 6. The quantitative estimate of drug-likeness (QED) is 0.0546. The van der Waals surface area contributed by atoms with Crippen LogP contribution in [0.15, 0.2) is 46.6 Å². The number of morpholine rings is 1. The fraction of sp³-hybridized carbons (Fsp3) is 0.556. The normalized spacial score (nSPS) is 15.1. The van der Waals surface area contributed by atoms with Gasteiger partial charge >= 0.3 is 29.2 Å². The van der Waals surface area contributed by atoms with Crippen molar-refractivity contribution in [1.82, 2.24) is 30.0 Å². The number of likely N-dealkylation sites (N-methyl/N-ethyl adjacent to an activating group) is 1. The van der Waals surface area contributed by atoms with Crippen LogP contribution >= 0.6 is 22.7 Å². The smallest absolute Gasteiger partial charge is 0.490 e. The molecular formula is C45H58F6N6O10S2. The average Bonchev–Trinajstić information content (AvgIpc) is 3.96. The number of ether oxygens (including phenoxy) is 2. The number of aromatic nitrogens is 2. The molecule has 69 heavy (non-hydrogen) atoms. The minimum absolute atomic E-state index is 0.0249. The van der Waals surface area contributed by atoms with Crippen LogP contribution in [0, 0.1) is 0 Å². The van der Waals surface area contributed by atoms with E-state index in [9.17, 15) is 45.8 Å². The van der Waals surface area contributed by atoms with Gasteiger partial charge in [-0.2, -0.15) is 26.3 Å². The van der Waals surface area contributed by atoms with Crippen LogP contribution in [0.5, 0.6) is 5.75 Å². The summed E-state index contributed by atoms with van der Waals surface area (Å²) in [6, 6.07) is 12.2. The molecule has 2 saturated heterocycles. The maximum atomic E-state index is 13.3. The zero-order valence-corrected chi connectivity index (χ0v) is 40.1. The van der Waals surface area contributed by atoms with Gasteiger partial charge in [0.25, 0.3) is 5.91 Å². The number of hydrogen-bond acceptors (Lipinski definition) is 13. The molecule has 0 aliphatic carbocycles. The minimum Gasteiger partial charge on any atom is -0.506 e. The minimum atomic E-state index is -5.08. The van der Waals surface area contributed by atoms with E-state index >= 15 is 0 Å². The molecule has 2 aliphatic heterocycles. The van der Waals surface area contributed by atoms with Gasteiger partial charge in [-0.15, -0.1) is 11.3 Å². The zero-order chi connectivity index (χ0) is 50.9. The molecule has 0 saturated carbocycles. The number of benzene rings is 2. The van der Waals surface area contributed by atoms with Crippen LogP contribution in [-0.4, -0.2) is 160 Å². The Morgan fingerprint density at radius 2 is 1.61 bits per heavy atom. The van der Waals surface area contributed by atoms with Gasteiger partial charge in [0.1, 0.15) is 17.0 Å². The van der Waals surface area contributed by atoms with E-state index in [1.165, 1.54) is 11.1 Å². The number of carbonyl (C=O) groups is 4. The number of H-pyrrole nitrogens is 1. The third-order valence-electron chi connectivity index (χ3n) is 11.2. The fourth-order valence-corrected chi connectivity index (χ4v) is 9.15. The number of aromatic amines is 1. The molecule has 2 aromatic carbocycles. The van der Waals surface area contributed by atoms with E-state index in [2.05, 4.69) is 58.3 Å². The number of phenols is 1. The molecule has 2 fully saturated rings. The highest BCUT2D eigenvalue weighted by molar-refractivity contribution is 7.16. The second-order valence-electron chi connectivity index (χ2n) is 16.5. The number of carboxylic acid groups (broad SMARTS) is 2. The van der Waals surface area contributed by atoms with Gasteiger partial charge in [0.05, 0.1) is 48.1 Å². The molecule has 0 bridgehead atoms. The summed E-state index contributed by atoms with van der Waals surface area (Å²) in [6.45, 7) is 14.5. The molecular weight excluding hydrogens is 963 g/mol. The van der Waals surface area contributed by atoms with Crippen LogP contribution in [0.25, 0.3) is 10.2 Å². The molecule has 5 N–H and O–H groups in total. The number of alkyl halides is 6. The lowest BCUT2D eigenvalue weighted by Gasteiger charge is -2.47. The highest BCUT2D eigenvalue weighted by Gasteiger charge is 2.42. The number of carbonyl (C=O) groups excluding carboxylic acids is 2. The monoisotopic (exact) mass is 1020 g/mol. The summed E-state index contributed by atoms with van der Waals surface area (Å²) in [6.07, 6.45) is -5.48. The summed E-state index contributed by atoms with van der Waals surface area (Å²) in [5.74, 6) is -5.00. The highest BCUT2D eigenvalue weighted by Crippen LogP contribution is 2.32. The average molecular weight is 1020 g/mol. The van der Waals surface area contributed by atoms with Gasteiger partial charge in [0.2, 0.25) is 5.91 Å². The van der Waals surface area contributed by atoms with Crippen LogP contribution in [0.2, 0.25) is 0 Å². The standard InChI is InChI=1S/C41H56N6O6S2.2C2HF3O2/c1-4-46(21-17-42-16-10-32-8-9-34(48)36-37(32)55-40(51)44-36)35(49)13-24-52-23-12-31-7-5-6-30(26-31)11-18-45-19-14-41(15-20-45)28-47(22-25-53-41)39(50)33-27-54-38(43-33)29(2)3;2*3-2(4,5)1(6)7/h5-9,26-27,29,42,48H,4,10-25,28H2,1-3H3,(H,44,51);2*(H,6,7). The molecule has 2 aliphatic rings. The number of aliphatic carboxylic acids is 2. The summed E-state index contributed by atoms with van der Waals surface area (Å²) < 4.78 is 76.5. The summed E-state index contributed by atoms with van der Waals surface area (Å²) in [5, 5.41) is 30.6. The van der Waals surface area contributed by atoms with E-state index in [0.29, 0.717) is 82.6 Å². The summed E-state index contributed by atoms with van der Waals surface area (Å²) >= 11 is 2.68. The number of nitrogens with zero attached hydrogens (tertiary/aromatic N) is 4. The van der Waals surface area contributed by atoms with Crippen molar-refractivity contribution >= 4 is 56.6 Å².